The molecule has 3 N–H and O–H groups in total. The minimum Gasteiger partial charge on any atom is -0.500 e. The Balaban J connectivity index is 1.57. The molecular formula is C17H16N4O7. The summed E-state index contributed by atoms with van der Waals surface area (Å²) in [4.78, 5) is 22.1. The van der Waals surface area contributed by atoms with Crippen molar-refractivity contribution in [1.82, 2.24) is 5.43 Å². The summed E-state index contributed by atoms with van der Waals surface area (Å²) in [5.41, 5.74) is 2.70. The zero-order chi connectivity index (χ0) is 20.1. The number of methoxy groups -OCH3 is 1. The number of anilines is 1. The van der Waals surface area contributed by atoms with Crippen molar-refractivity contribution in [2.75, 3.05) is 25.8 Å². The van der Waals surface area contributed by atoms with Crippen LogP contribution in [0.1, 0.15) is 5.56 Å². The highest BCUT2D eigenvalue weighted by Crippen LogP contribution is 2.36. The van der Waals surface area contributed by atoms with E-state index in [-0.39, 0.29) is 24.7 Å². The third kappa shape index (κ3) is 4.20. The third-order valence-electron chi connectivity index (χ3n) is 3.72. The number of hydrogen-bond donors (Lipinski definition) is 3. The summed E-state index contributed by atoms with van der Waals surface area (Å²) >= 11 is 0. The van der Waals surface area contributed by atoms with Gasteiger partial charge in [0.2, 0.25) is 12.5 Å². The van der Waals surface area contributed by atoms with Crippen molar-refractivity contribution < 1.29 is 29.0 Å². The molecule has 0 bridgehead atoms. The lowest BCUT2D eigenvalue weighted by molar-refractivity contribution is -0.386. The van der Waals surface area contributed by atoms with Crippen molar-refractivity contribution in [1.29, 1.82) is 0 Å². The van der Waals surface area contributed by atoms with Crippen LogP contribution in [-0.4, -0.2) is 42.6 Å². The monoisotopic (exact) mass is 388 g/mol. The Morgan fingerprint density at radius 3 is 2.89 bits per heavy atom. The van der Waals surface area contributed by atoms with E-state index >= 15 is 0 Å². The van der Waals surface area contributed by atoms with Crippen LogP contribution in [0.3, 0.4) is 0 Å². The highest BCUT2D eigenvalue weighted by atomic mass is 16.7. The van der Waals surface area contributed by atoms with Crippen molar-refractivity contribution in [2.24, 2.45) is 5.10 Å². The number of aromatic hydroxyl groups is 1. The number of rotatable bonds is 7. The lowest BCUT2D eigenvalue weighted by Gasteiger charge is -2.06. The second-order valence-electron chi connectivity index (χ2n) is 5.56. The molecule has 146 valence electrons. The molecule has 11 heteroatoms. The minimum absolute atomic E-state index is 0.0595. The predicted molar refractivity (Wildman–Crippen MR) is 98.1 cm³/mol. The first-order valence-electron chi connectivity index (χ1n) is 7.98. The minimum atomic E-state index is -0.747. The number of nitro benzene ring substituents is 1. The molecule has 0 aliphatic carbocycles. The summed E-state index contributed by atoms with van der Waals surface area (Å²) in [6.45, 7) is 0.101. The molecule has 0 atom stereocenters. The van der Waals surface area contributed by atoms with Crippen molar-refractivity contribution in [2.45, 2.75) is 0 Å². The van der Waals surface area contributed by atoms with E-state index in [4.69, 9.17) is 14.2 Å². The van der Waals surface area contributed by atoms with Crippen molar-refractivity contribution in [3.8, 4) is 23.0 Å². The summed E-state index contributed by atoms with van der Waals surface area (Å²) in [6.07, 6.45) is 1.20. The van der Waals surface area contributed by atoms with Crippen molar-refractivity contribution >= 4 is 23.5 Å². The number of benzene rings is 2. The fraction of sp³-hybridized carbons (Fsp3) is 0.176. The second-order valence-corrected chi connectivity index (χ2v) is 5.56. The van der Waals surface area contributed by atoms with Crippen LogP contribution in [0, 0.1) is 10.1 Å². The molecule has 3 rings (SSSR count). The van der Waals surface area contributed by atoms with E-state index in [2.05, 4.69) is 15.8 Å². The molecule has 1 aliphatic rings. The van der Waals surface area contributed by atoms with Crippen LogP contribution in [0.5, 0.6) is 23.0 Å². The number of amides is 1. The van der Waals surface area contributed by atoms with Crippen LogP contribution >= 0.6 is 0 Å². The normalized spacial score (nSPS) is 12.0. The van der Waals surface area contributed by atoms with Gasteiger partial charge in [0.05, 0.1) is 24.8 Å². The zero-order valence-electron chi connectivity index (χ0n) is 14.7. The molecule has 0 saturated heterocycles. The van der Waals surface area contributed by atoms with Gasteiger partial charge < -0.3 is 24.6 Å². The molecule has 0 saturated carbocycles. The third-order valence-corrected chi connectivity index (χ3v) is 3.72. The molecule has 1 heterocycles. The number of nitrogens with one attached hydrogen (secondary N) is 2. The first kappa shape index (κ1) is 18.8. The molecule has 0 spiro atoms. The lowest BCUT2D eigenvalue weighted by Crippen LogP contribution is -2.25. The van der Waals surface area contributed by atoms with E-state index < -0.39 is 22.3 Å². The molecule has 28 heavy (non-hydrogen) atoms. The Bertz CT molecular complexity index is 945. The Labute approximate surface area is 158 Å². The van der Waals surface area contributed by atoms with Gasteiger partial charge in [0.1, 0.15) is 0 Å². The number of carbonyl (C=O) groups excluding carboxylic acids is 1. The van der Waals surface area contributed by atoms with Gasteiger partial charge in [0, 0.05) is 23.4 Å². The molecule has 0 fully saturated rings. The number of hydrazone groups is 1. The summed E-state index contributed by atoms with van der Waals surface area (Å²) in [5, 5.41) is 27.4. The fourth-order valence-corrected chi connectivity index (χ4v) is 2.39. The smallest absolute Gasteiger partial charge is 0.315 e. The van der Waals surface area contributed by atoms with E-state index in [0.717, 1.165) is 6.07 Å². The van der Waals surface area contributed by atoms with Crippen molar-refractivity contribution in [3.05, 3.63) is 46.0 Å². The van der Waals surface area contributed by atoms with Crippen LogP contribution in [0.2, 0.25) is 0 Å². The Morgan fingerprint density at radius 1 is 1.36 bits per heavy atom. The second kappa shape index (κ2) is 8.12. The summed E-state index contributed by atoms with van der Waals surface area (Å²) < 4.78 is 15.3. The average Bonchev–Trinajstić information content (AvgIpc) is 3.15. The molecular weight excluding hydrogens is 372 g/mol. The predicted octanol–water partition coefficient (Wildman–Crippen LogP) is 1.60. The number of fused-ring (bicyclic) bond motifs is 1. The number of hydrogen-bond acceptors (Lipinski definition) is 9. The van der Waals surface area contributed by atoms with E-state index in [1.54, 1.807) is 18.2 Å². The molecule has 2 aromatic carbocycles. The van der Waals surface area contributed by atoms with E-state index in [1.807, 2.05) is 0 Å². The largest absolute Gasteiger partial charge is 0.500 e. The molecule has 1 amide bonds. The number of phenolic OH excluding ortho intramolecular Hbond substituents is 1. The first-order chi connectivity index (χ1) is 13.5. The van der Waals surface area contributed by atoms with Crippen LogP contribution in [0.4, 0.5) is 11.4 Å². The first-order valence-corrected chi connectivity index (χ1v) is 7.98. The Hall–Kier alpha value is -4.02. The van der Waals surface area contributed by atoms with Gasteiger partial charge in [-0.05, 0) is 18.2 Å². The van der Waals surface area contributed by atoms with Gasteiger partial charge >= 0.3 is 5.69 Å². The average molecular weight is 388 g/mol. The van der Waals surface area contributed by atoms with Crippen molar-refractivity contribution in [3.63, 3.8) is 0 Å². The van der Waals surface area contributed by atoms with Gasteiger partial charge in [-0.15, -0.1) is 0 Å². The van der Waals surface area contributed by atoms with E-state index in [9.17, 15) is 20.0 Å². The number of nitrogens with zero attached hydrogens (tertiary/aromatic N) is 2. The van der Waals surface area contributed by atoms with Crippen LogP contribution in [0.15, 0.2) is 35.4 Å². The van der Waals surface area contributed by atoms with E-state index in [1.165, 1.54) is 19.4 Å². The number of phenols is 1. The Kier molecular flexibility index (Phi) is 5.44. The van der Waals surface area contributed by atoms with Gasteiger partial charge in [-0.2, -0.15) is 5.10 Å². The maximum atomic E-state index is 11.9. The molecule has 1 aliphatic heterocycles. The lowest BCUT2D eigenvalue weighted by atomic mass is 10.2. The molecule has 0 aromatic heterocycles. The molecule has 0 radical (unpaired) electrons. The number of carbonyl (C=O) groups is 1. The van der Waals surface area contributed by atoms with Gasteiger partial charge in [0.25, 0.3) is 5.91 Å². The van der Waals surface area contributed by atoms with Crippen LogP contribution in [-0.2, 0) is 4.79 Å². The summed E-state index contributed by atoms with van der Waals surface area (Å²) in [6, 6.07) is 7.64. The quantitative estimate of drug-likeness (QED) is 0.368. The fourth-order valence-electron chi connectivity index (χ4n) is 2.39. The van der Waals surface area contributed by atoms with E-state index in [0.29, 0.717) is 17.2 Å². The Morgan fingerprint density at radius 2 is 2.14 bits per heavy atom. The van der Waals surface area contributed by atoms with Gasteiger partial charge in [0.15, 0.2) is 17.2 Å². The van der Waals surface area contributed by atoms with Gasteiger partial charge in [-0.25, -0.2) is 5.43 Å². The summed E-state index contributed by atoms with van der Waals surface area (Å²) in [5.74, 6) is 0.131. The van der Waals surface area contributed by atoms with Crippen LogP contribution < -0.4 is 25.0 Å². The summed E-state index contributed by atoms with van der Waals surface area (Å²) in [7, 11) is 1.27. The number of ether oxygens (including phenoxy) is 3. The SMILES string of the molecule is COc1cc(/C=N\NC(=O)CNc2ccc3c(c2)OCO3)cc([N+](=O)[O-])c1O. The van der Waals surface area contributed by atoms with Gasteiger partial charge in [-0.1, -0.05) is 0 Å². The highest BCUT2D eigenvalue weighted by Gasteiger charge is 2.19. The highest BCUT2D eigenvalue weighted by molar-refractivity contribution is 5.86. The molecule has 11 nitrogen and oxygen atoms in total. The maximum absolute atomic E-state index is 11.9. The standard InChI is InChI=1S/C17H16N4O7/c1-26-15-5-10(4-12(17(15)23)21(24)25)7-19-20-16(22)8-18-11-2-3-13-14(6-11)28-9-27-13/h2-7,18,23H,8-9H2,1H3,(H,20,22)/b19-7-. The zero-order valence-corrected chi connectivity index (χ0v) is 14.7. The molecule has 2 aromatic rings. The maximum Gasteiger partial charge on any atom is 0.315 e. The van der Waals surface area contributed by atoms with Gasteiger partial charge in [-0.3, -0.25) is 14.9 Å². The topological polar surface area (TPSA) is 145 Å². The van der Waals surface area contributed by atoms with Crippen LogP contribution in [0.25, 0.3) is 0 Å². The molecule has 0 unspecified atom stereocenters. The number of nitro groups is 1.